The van der Waals surface area contributed by atoms with Crippen LogP contribution < -0.4 is 5.32 Å². The zero-order valence-electron chi connectivity index (χ0n) is 10.6. The molecule has 2 rings (SSSR count). The van der Waals surface area contributed by atoms with Gasteiger partial charge in [-0.2, -0.15) is 0 Å². The van der Waals surface area contributed by atoms with E-state index < -0.39 is 0 Å². The molecule has 1 aliphatic heterocycles. The molecule has 1 aromatic rings. The maximum atomic E-state index is 11.8. The van der Waals surface area contributed by atoms with Crippen LogP contribution in [0.5, 0.6) is 0 Å². The van der Waals surface area contributed by atoms with Crippen molar-refractivity contribution in [3.63, 3.8) is 0 Å². The Morgan fingerprint density at radius 3 is 3.17 bits per heavy atom. The van der Waals surface area contributed by atoms with Crippen molar-refractivity contribution in [3.05, 3.63) is 22.4 Å². The lowest BCUT2D eigenvalue weighted by molar-refractivity contribution is -0.122. The number of hydrogen-bond acceptors (Lipinski definition) is 4. The van der Waals surface area contributed by atoms with E-state index in [0.717, 1.165) is 17.8 Å². The van der Waals surface area contributed by atoms with E-state index in [9.17, 15) is 9.90 Å². The molecule has 1 aromatic heterocycles. The second-order valence-electron chi connectivity index (χ2n) is 4.84. The van der Waals surface area contributed by atoms with Gasteiger partial charge in [-0.1, -0.05) is 13.0 Å². The monoisotopic (exact) mass is 268 g/mol. The molecule has 2 heterocycles. The normalized spacial score (nSPS) is 24.3. The lowest BCUT2D eigenvalue weighted by Gasteiger charge is -2.24. The van der Waals surface area contributed by atoms with Gasteiger partial charge in [0.05, 0.1) is 19.7 Å². The van der Waals surface area contributed by atoms with Gasteiger partial charge in [-0.3, -0.25) is 9.69 Å². The standard InChI is InChI=1S/C13H20N2O2S/c1-10-4-5-15(12(10)9-16)8-13(17)14-7-11-3-2-6-18-11/h2-3,6,10,12,16H,4-5,7-9H2,1H3,(H,14,17). The third-order valence-electron chi connectivity index (χ3n) is 3.57. The van der Waals surface area contributed by atoms with E-state index in [2.05, 4.69) is 17.1 Å². The topological polar surface area (TPSA) is 52.6 Å². The summed E-state index contributed by atoms with van der Waals surface area (Å²) in [4.78, 5) is 15.1. The first-order chi connectivity index (χ1) is 8.70. The molecule has 0 saturated carbocycles. The van der Waals surface area contributed by atoms with E-state index in [1.165, 1.54) is 0 Å². The second-order valence-corrected chi connectivity index (χ2v) is 5.87. The summed E-state index contributed by atoms with van der Waals surface area (Å²) in [6.45, 7) is 4.16. The van der Waals surface area contributed by atoms with Crippen LogP contribution in [0.2, 0.25) is 0 Å². The number of likely N-dealkylation sites (tertiary alicyclic amines) is 1. The highest BCUT2D eigenvalue weighted by Gasteiger charge is 2.31. The Kier molecular flexibility index (Phi) is 4.74. The quantitative estimate of drug-likeness (QED) is 0.840. The summed E-state index contributed by atoms with van der Waals surface area (Å²) in [6, 6.07) is 4.13. The van der Waals surface area contributed by atoms with Crippen LogP contribution in [0.3, 0.4) is 0 Å². The van der Waals surface area contributed by atoms with Gasteiger partial charge in [-0.15, -0.1) is 11.3 Å². The van der Waals surface area contributed by atoms with E-state index in [1.54, 1.807) is 11.3 Å². The molecular weight excluding hydrogens is 248 g/mol. The molecule has 1 saturated heterocycles. The van der Waals surface area contributed by atoms with E-state index in [4.69, 9.17) is 0 Å². The van der Waals surface area contributed by atoms with Crippen molar-refractivity contribution < 1.29 is 9.90 Å². The van der Waals surface area contributed by atoms with Crippen molar-refractivity contribution in [1.82, 2.24) is 10.2 Å². The minimum atomic E-state index is 0.0379. The van der Waals surface area contributed by atoms with Gasteiger partial charge in [0.15, 0.2) is 0 Å². The summed E-state index contributed by atoms with van der Waals surface area (Å²) in [5.41, 5.74) is 0. The molecule has 2 unspecified atom stereocenters. The molecule has 0 bridgehead atoms. The Bertz CT molecular complexity index is 380. The number of nitrogens with one attached hydrogen (secondary N) is 1. The smallest absolute Gasteiger partial charge is 0.234 e. The average molecular weight is 268 g/mol. The number of amides is 1. The number of aliphatic hydroxyl groups is 1. The highest BCUT2D eigenvalue weighted by molar-refractivity contribution is 7.09. The predicted molar refractivity (Wildman–Crippen MR) is 72.4 cm³/mol. The van der Waals surface area contributed by atoms with Gasteiger partial charge in [0.25, 0.3) is 0 Å². The number of carbonyl (C=O) groups is 1. The van der Waals surface area contributed by atoms with Crippen molar-refractivity contribution in [1.29, 1.82) is 0 Å². The molecule has 1 aliphatic rings. The van der Waals surface area contributed by atoms with Crippen LogP contribution in [0.1, 0.15) is 18.2 Å². The molecule has 0 radical (unpaired) electrons. The fourth-order valence-electron chi connectivity index (χ4n) is 2.42. The Labute approximate surface area is 112 Å². The molecule has 0 spiro atoms. The van der Waals surface area contributed by atoms with Crippen LogP contribution in [-0.2, 0) is 11.3 Å². The van der Waals surface area contributed by atoms with Crippen molar-refractivity contribution in [3.8, 4) is 0 Å². The maximum absolute atomic E-state index is 11.8. The van der Waals surface area contributed by atoms with E-state index >= 15 is 0 Å². The molecule has 2 N–H and O–H groups in total. The SMILES string of the molecule is CC1CCN(CC(=O)NCc2cccs2)C1CO. The molecule has 2 atom stereocenters. The van der Waals surface area contributed by atoms with Crippen LogP contribution in [0, 0.1) is 5.92 Å². The van der Waals surface area contributed by atoms with E-state index in [1.807, 2.05) is 17.5 Å². The summed E-state index contributed by atoms with van der Waals surface area (Å²) < 4.78 is 0. The minimum absolute atomic E-state index is 0.0379. The van der Waals surface area contributed by atoms with Gasteiger partial charge in [-0.05, 0) is 30.3 Å². The maximum Gasteiger partial charge on any atom is 0.234 e. The fraction of sp³-hybridized carbons (Fsp3) is 0.615. The molecular formula is C13H20N2O2S. The molecule has 5 heteroatoms. The predicted octanol–water partition coefficient (Wildman–Crippen LogP) is 1.07. The van der Waals surface area contributed by atoms with E-state index in [-0.39, 0.29) is 18.6 Å². The number of rotatable bonds is 5. The number of hydrogen-bond donors (Lipinski definition) is 2. The molecule has 18 heavy (non-hydrogen) atoms. The first kappa shape index (κ1) is 13.5. The summed E-state index contributed by atoms with van der Waals surface area (Å²) >= 11 is 1.64. The van der Waals surface area contributed by atoms with Gasteiger partial charge in [0.1, 0.15) is 0 Å². The summed E-state index contributed by atoms with van der Waals surface area (Å²) in [5, 5.41) is 14.3. The van der Waals surface area contributed by atoms with Crippen molar-refractivity contribution in [2.24, 2.45) is 5.92 Å². The van der Waals surface area contributed by atoms with Crippen LogP contribution in [0.4, 0.5) is 0 Å². The second kappa shape index (κ2) is 6.31. The third kappa shape index (κ3) is 3.31. The summed E-state index contributed by atoms with van der Waals surface area (Å²) in [7, 11) is 0. The fourth-order valence-corrected chi connectivity index (χ4v) is 3.06. The number of thiophene rings is 1. The minimum Gasteiger partial charge on any atom is -0.395 e. The number of carbonyl (C=O) groups excluding carboxylic acids is 1. The molecule has 100 valence electrons. The number of nitrogens with zero attached hydrogens (tertiary/aromatic N) is 1. The molecule has 1 amide bonds. The third-order valence-corrected chi connectivity index (χ3v) is 4.45. The highest BCUT2D eigenvalue weighted by Crippen LogP contribution is 2.22. The van der Waals surface area contributed by atoms with Gasteiger partial charge < -0.3 is 10.4 Å². The lowest BCUT2D eigenvalue weighted by Crippen LogP contribution is -2.42. The Morgan fingerprint density at radius 2 is 2.50 bits per heavy atom. The van der Waals surface area contributed by atoms with Gasteiger partial charge in [-0.25, -0.2) is 0 Å². The van der Waals surface area contributed by atoms with Gasteiger partial charge in [0, 0.05) is 10.9 Å². The number of aliphatic hydroxyl groups excluding tert-OH is 1. The average Bonchev–Trinajstić information content (AvgIpc) is 2.97. The van der Waals surface area contributed by atoms with Gasteiger partial charge >= 0.3 is 0 Å². The van der Waals surface area contributed by atoms with Crippen LogP contribution in [0.25, 0.3) is 0 Å². The Morgan fingerprint density at radius 1 is 1.67 bits per heavy atom. The van der Waals surface area contributed by atoms with Crippen molar-refractivity contribution in [2.75, 3.05) is 19.7 Å². The van der Waals surface area contributed by atoms with Gasteiger partial charge in [0.2, 0.25) is 5.91 Å². The highest BCUT2D eigenvalue weighted by atomic mass is 32.1. The van der Waals surface area contributed by atoms with Crippen molar-refractivity contribution in [2.45, 2.75) is 25.9 Å². The van der Waals surface area contributed by atoms with Crippen LogP contribution in [-0.4, -0.2) is 41.7 Å². The molecule has 1 fully saturated rings. The molecule has 0 aliphatic carbocycles. The molecule has 4 nitrogen and oxygen atoms in total. The van der Waals surface area contributed by atoms with Crippen LogP contribution >= 0.6 is 11.3 Å². The summed E-state index contributed by atoms with van der Waals surface area (Å²) in [5.74, 6) is 0.510. The largest absolute Gasteiger partial charge is 0.395 e. The van der Waals surface area contributed by atoms with Crippen molar-refractivity contribution >= 4 is 17.2 Å². The van der Waals surface area contributed by atoms with E-state index in [0.29, 0.717) is 19.0 Å². The Hall–Kier alpha value is -0.910. The van der Waals surface area contributed by atoms with Crippen LogP contribution in [0.15, 0.2) is 17.5 Å². The lowest BCUT2D eigenvalue weighted by atomic mass is 10.0. The Balaban J connectivity index is 1.77. The zero-order valence-corrected chi connectivity index (χ0v) is 11.4. The molecule has 0 aromatic carbocycles. The first-order valence-corrected chi connectivity index (χ1v) is 7.22. The zero-order chi connectivity index (χ0) is 13.0. The summed E-state index contributed by atoms with van der Waals surface area (Å²) in [6.07, 6.45) is 1.06. The first-order valence-electron chi connectivity index (χ1n) is 6.34.